The van der Waals surface area contributed by atoms with E-state index in [9.17, 15) is 9.59 Å². The van der Waals surface area contributed by atoms with Gasteiger partial charge in [-0.2, -0.15) is 0 Å². The van der Waals surface area contributed by atoms with Gasteiger partial charge >= 0.3 is 0 Å². The Balaban J connectivity index is 1.86. The van der Waals surface area contributed by atoms with E-state index in [0.717, 1.165) is 16.6 Å². The molecule has 0 bridgehead atoms. The third kappa shape index (κ3) is 2.30. The number of hydrogen-bond donors (Lipinski definition) is 1. The maximum atomic E-state index is 12.4. The summed E-state index contributed by atoms with van der Waals surface area (Å²) in [6.45, 7) is 0. The fourth-order valence-corrected chi connectivity index (χ4v) is 2.59. The number of carbonyl (C=O) groups is 1. The molecule has 1 N–H and O–H groups in total. The first-order chi connectivity index (χ1) is 11.8. The van der Waals surface area contributed by atoms with Gasteiger partial charge in [0, 0.05) is 23.5 Å². The van der Waals surface area contributed by atoms with E-state index in [1.165, 1.54) is 4.40 Å². The third-order valence-electron chi connectivity index (χ3n) is 3.75. The molecule has 0 aliphatic heterocycles. The van der Waals surface area contributed by atoms with Gasteiger partial charge in [0.15, 0.2) is 6.29 Å². The fraction of sp³-hybridized carbons (Fsp3) is 0. The van der Waals surface area contributed by atoms with Gasteiger partial charge in [-0.1, -0.05) is 12.1 Å². The predicted octanol–water partition coefficient (Wildman–Crippen LogP) is 2.80. The lowest BCUT2D eigenvalue weighted by atomic mass is 10.2. The van der Waals surface area contributed by atoms with Crippen molar-refractivity contribution in [3.8, 4) is 0 Å². The van der Waals surface area contributed by atoms with Gasteiger partial charge in [-0.05, 0) is 36.4 Å². The quantitative estimate of drug-likeness (QED) is 0.588. The minimum atomic E-state index is -0.402. The maximum Gasteiger partial charge on any atom is 0.270 e. The van der Waals surface area contributed by atoms with Crippen LogP contribution in [0.15, 0.2) is 65.7 Å². The van der Waals surface area contributed by atoms with Crippen LogP contribution in [0.3, 0.4) is 0 Å². The van der Waals surface area contributed by atoms with Crippen LogP contribution in [0.4, 0.5) is 11.5 Å². The predicted molar refractivity (Wildman–Crippen MR) is 91.9 cm³/mol. The van der Waals surface area contributed by atoms with Gasteiger partial charge in [-0.25, -0.2) is 4.98 Å². The van der Waals surface area contributed by atoms with Gasteiger partial charge in [-0.3, -0.25) is 19.0 Å². The molecule has 0 spiro atoms. The van der Waals surface area contributed by atoms with Crippen LogP contribution in [-0.2, 0) is 0 Å². The topological polar surface area (TPSA) is 76.4 Å². The average Bonchev–Trinajstić information content (AvgIpc) is 2.62. The van der Waals surface area contributed by atoms with E-state index in [4.69, 9.17) is 0 Å². The lowest BCUT2D eigenvalue weighted by Crippen LogP contribution is -2.21. The van der Waals surface area contributed by atoms with Crippen LogP contribution in [0.5, 0.6) is 0 Å². The van der Waals surface area contributed by atoms with Crippen molar-refractivity contribution in [2.75, 3.05) is 5.32 Å². The highest BCUT2D eigenvalue weighted by molar-refractivity contribution is 5.87. The molecule has 0 unspecified atom stereocenters. The second kappa shape index (κ2) is 5.58. The van der Waals surface area contributed by atoms with Crippen LogP contribution in [0, 0.1) is 0 Å². The Morgan fingerprint density at radius 3 is 2.88 bits per heavy atom. The highest BCUT2D eigenvalue weighted by Gasteiger charge is 2.12. The van der Waals surface area contributed by atoms with Crippen LogP contribution in [-0.4, -0.2) is 20.7 Å². The van der Waals surface area contributed by atoms with Crippen molar-refractivity contribution < 1.29 is 4.79 Å². The molecule has 1 aromatic carbocycles. The molecule has 0 amide bonds. The molecule has 24 heavy (non-hydrogen) atoms. The van der Waals surface area contributed by atoms with Crippen LogP contribution in [0.25, 0.3) is 16.6 Å². The zero-order valence-electron chi connectivity index (χ0n) is 12.5. The van der Waals surface area contributed by atoms with Crippen molar-refractivity contribution in [1.29, 1.82) is 0 Å². The summed E-state index contributed by atoms with van der Waals surface area (Å²) in [6, 6.07) is 14.6. The molecule has 6 heteroatoms. The number of aldehydes is 1. The Morgan fingerprint density at radius 2 is 2.00 bits per heavy atom. The first-order valence-electron chi connectivity index (χ1n) is 7.34. The number of nitrogens with one attached hydrogen (secondary N) is 1. The number of aromatic nitrogens is 3. The number of carbonyl (C=O) groups excluding carboxylic acids is 1. The van der Waals surface area contributed by atoms with E-state index < -0.39 is 5.56 Å². The van der Waals surface area contributed by atoms with Crippen molar-refractivity contribution in [3.05, 3.63) is 76.8 Å². The molecule has 0 saturated carbocycles. The van der Waals surface area contributed by atoms with E-state index in [1.807, 2.05) is 30.3 Å². The van der Waals surface area contributed by atoms with Gasteiger partial charge in [-0.15, -0.1) is 0 Å². The number of fused-ring (bicyclic) bond motifs is 2. The molecule has 3 heterocycles. The summed E-state index contributed by atoms with van der Waals surface area (Å²) in [5.74, 6) is 0.240. The molecule has 0 atom stereocenters. The fourth-order valence-electron chi connectivity index (χ4n) is 2.59. The van der Waals surface area contributed by atoms with Crippen LogP contribution in [0.2, 0.25) is 0 Å². The molecule has 0 radical (unpaired) electrons. The zero-order chi connectivity index (χ0) is 16.5. The summed E-state index contributed by atoms with van der Waals surface area (Å²) in [7, 11) is 0. The van der Waals surface area contributed by atoms with E-state index in [-0.39, 0.29) is 11.4 Å². The molecule has 6 nitrogen and oxygen atoms in total. The molecular formula is C18H12N4O2. The molecule has 4 rings (SSSR count). The maximum absolute atomic E-state index is 12.4. The summed E-state index contributed by atoms with van der Waals surface area (Å²) in [6.07, 6.45) is 3.84. The van der Waals surface area contributed by atoms with E-state index in [2.05, 4.69) is 15.3 Å². The normalized spacial score (nSPS) is 10.8. The summed E-state index contributed by atoms with van der Waals surface area (Å²) < 4.78 is 1.35. The Hall–Kier alpha value is -3.54. The molecule has 0 fully saturated rings. The number of pyridine rings is 2. The van der Waals surface area contributed by atoms with Crippen molar-refractivity contribution >= 4 is 34.3 Å². The zero-order valence-corrected chi connectivity index (χ0v) is 12.5. The van der Waals surface area contributed by atoms with Crippen molar-refractivity contribution in [1.82, 2.24) is 14.4 Å². The summed E-state index contributed by atoms with van der Waals surface area (Å²) >= 11 is 0. The first kappa shape index (κ1) is 14.1. The molecule has 116 valence electrons. The smallest absolute Gasteiger partial charge is 0.270 e. The van der Waals surface area contributed by atoms with Crippen LogP contribution < -0.4 is 10.9 Å². The first-order valence-corrected chi connectivity index (χ1v) is 7.34. The van der Waals surface area contributed by atoms with Gasteiger partial charge in [0.05, 0.1) is 5.52 Å². The Kier molecular flexibility index (Phi) is 3.28. The molecule has 0 saturated heterocycles. The monoisotopic (exact) mass is 316 g/mol. The number of nitrogens with zero attached hydrogens (tertiary/aromatic N) is 3. The highest BCUT2D eigenvalue weighted by Crippen LogP contribution is 2.21. The number of benzene rings is 1. The minimum absolute atomic E-state index is 0.00927. The largest absolute Gasteiger partial charge is 0.339 e. The second-order valence-corrected chi connectivity index (χ2v) is 5.26. The molecule has 0 aliphatic rings. The van der Waals surface area contributed by atoms with Gasteiger partial charge in [0.2, 0.25) is 0 Å². The number of anilines is 2. The van der Waals surface area contributed by atoms with E-state index in [1.54, 1.807) is 30.6 Å². The lowest BCUT2D eigenvalue weighted by molar-refractivity contribution is 0.112. The Bertz CT molecular complexity index is 1130. The number of rotatable bonds is 3. The van der Waals surface area contributed by atoms with E-state index in [0.29, 0.717) is 11.9 Å². The summed E-state index contributed by atoms with van der Waals surface area (Å²) in [5, 5.41) is 4.02. The Labute approximate surface area is 136 Å². The van der Waals surface area contributed by atoms with E-state index >= 15 is 0 Å². The second-order valence-electron chi connectivity index (χ2n) is 5.26. The molecule has 4 aromatic rings. The van der Waals surface area contributed by atoms with Crippen LogP contribution >= 0.6 is 0 Å². The van der Waals surface area contributed by atoms with Gasteiger partial charge < -0.3 is 5.32 Å². The molecule has 3 aromatic heterocycles. The lowest BCUT2D eigenvalue weighted by Gasteiger charge is -2.10. The third-order valence-corrected chi connectivity index (χ3v) is 3.75. The standard InChI is InChI=1S/C18H12N4O2/c23-11-14-17(21-16-5-1-2-9-22(16)18(14)24)20-13-6-7-15-12(10-13)4-3-8-19-15/h1-11,20H. The summed E-state index contributed by atoms with van der Waals surface area (Å²) in [4.78, 5) is 32.5. The van der Waals surface area contributed by atoms with Gasteiger partial charge in [0.1, 0.15) is 17.0 Å². The van der Waals surface area contributed by atoms with Crippen molar-refractivity contribution in [3.63, 3.8) is 0 Å². The Morgan fingerprint density at radius 1 is 1.08 bits per heavy atom. The highest BCUT2D eigenvalue weighted by atomic mass is 16.1. The van der Waals surface area contributed by atoms with Crippen molar-refractivity contribution in [2.45, 2.75) is 0 Å². The summed E-state index contributed by atoms with van der Waals surface area (Å²) in [5.41, 5.74) is 1.65. The molecular weight excluding hydrogens is 304 g/mol. The van der Waals surface area contributed by atoms with Crippen molar-refractivity contribution in [2.24, 2.45) is 0 Å². The van der Waals surface area contributed by atoms with Gasteiger partial charge in [0.25, 0.3) is 5.56 Å². The minimum Gasteiger partial charge on any atom is -0.339 e. The number of hydrogen-bond acceptors (Lipinski definition) is 5. The molecule has 0 aliphatic carbocycles. The van der Waals surface area contributed by atoms with Crippen LogP contribution in [0.1, 0.15) is 10.4 Å². The SMILES string of the molecule is O=Cc1c(Nc2ccc3ncccc3c2)nc2ccccn2c1=O. The average molecular weight is 316 g/mol.